The minimum absolute atomic E-state index is 0.434. The van der Waals surface area contributed by atoms with Gasteiger partial charge in [-0.3, -0.25) is 0 Å². The number of halogens is 1. The van der Waals surface area contributed by atoms with Crippen LogP contribution in [0.15, 0.2) is 30.5 Å². The normalized spacial score (nSPS) is 10.1. The minimum atomic E-state index is 0.434. The summed E-state index contributed by atoms with van der Waals surface area (Å²) in [5.74, 6) is 1.61. The molecule has 1 aromatic carbocycles. The van der Waals surface area contributed by atoms with Crippen molar-refractivity contribution < 1.29 is 9.47 Å². The molecule has 0 saturated heterocycles. The number of ether oxygens (including phenoxy) is 2. The molecule has 5 nitrogen and oxygen atoms in total. The summed E-state index contributed by atoms with van der Waals surface area (Å²) < 4.78 is 10.4. The second-order valence-electron chi connectivity index (χ2n) is 3.78. The molecule has 0 unspecified atom stereocenters. The van der Waals surface area contributed by atoms with Gasteiger partial charge < -0.3 is 20.5 Å². The first kappa shape index (κ1) is 13.3. The fraction of sp³-hybridized carbons (Fsp3) is 0.154. The third-order valence-electron chi connectivity index (χ3n) is 2.53. The first-order chi connectivity index (χ1) is 9.13. The number of nitrogens with zero attached hydrogens (tertiary/aromatic N) is 1. The molecule has 0 atom stereocenters. The maximum absolute atomic E-state index is 6.10. The fourth-order valence-electron chi connectivity index (χ4n) is 1.64. The molecule has 0 amide bonds. The van der Waals surface area contributed by atoms with Crippen molar-refractivity contribution in [1.82, 2.24) is 4.98 Å². The van der Waals surface area contributed by atoms with Gasteiger partial charge >= 0.3 is 0 Å². The van der Waals surface area contributed by atoms with Crippen LogP contribution >= 0.6 is 11.6 Å². The van der Waals surface area contributed by atoms with Gasteiger partial charge in [-0.25, -0.2) is 4.98 Å². The van der Waals surface area contributed by atoms with E-state index in [1.165, 1.54) is 0 Å². The Kier molecular flexibility index (Phi) is 3.97. The minimum Gasteiger partial charge on any atom is -0.495 e. The highest BCUT2D eigenvalue weighted by molar-refractivity contribution is 6.32. The molecule has 6 heteroatoms. The zero-order valence-electron chi connectivity index (χ0n) is 10.6. The molecule has 0 aliphatic carbocycles. The van der Waals surface area contributed by atoms with E-state index in [2.05, 4.69) is 10.3 Å². The van der Waals surface area contributed by atoms with Gasteiger partial charge in [0.25, 0.3) is 0 Å². The molecule has 0 bridgehead atoms. The van der Waals surface area contributed by atoms with Gasteiger partial charge in [0.2, 0.25) is 0 Å². The number of nitrogens with two attached hydrogens (primary N) is 1. The van der Waals surface area contributed by atoms with E-state index in [9.17, 15) is 0 Å². The lowest BCUT2D eigenvalue weighted by Gasteiger charge is -2.14. The number of nitrogens with one attached hydrogen (secondary N) is 1. The molecule has 0 spiro atoms. The molecular weight excluding hydrogens is 266 g/mol. The van der Waals surface area contributed by atoms with Crippen molar-refractivity contribution in [2.24, 2.45) is 0 Å². The van der Waals surface area contributed by atoms with E-state index in [-0.39, 0.29) is 0 Å². The lowest BCUT2D eigenvalue weighted by atomic mass is 10.2. The first-order valence-electron chi connectivity index (χ1n) is 5.54. The first-order valence-corrected chi connectivity index (χ1v) is 5.92. The van der Waals surface area contributed by atoms with E-state index in [0.29, 0.717) is 22.3 Å². The van der Waals surface area contributed by atoms with Crippen molar-refractivity contribution in [1.29, 1.82) is 0 Å². The number of rotatable bonds is 4. The van der Waals surface area contributed by atoms with Crippen LogP contribution in [0.3, 0.4) is 0 Å². The van der Waals surface area contributed by atoms with Crippen molar-refractivity contribution in [3.05, 3.63) is 35.5 Å². The van der Waals surface area contributed by atoms with Gasteiger partial charge in [-0.05, 0) is 12.1 Å². The molecule has 19 heavy (non-hydrogen) atoms. The Balaban J connectivity index is 2.36. The lowest BCUT2D eigenvalue weighted by Crippen LogP contribution is -1.98. The molecule has 0 aliphatic rings. The van der Waals surface area contributed by atoms with Crippen molar-refractivity contribution in [2.75, 3.05) is 25.3 Å². The SMILES string of the molecule is COc1cc(OC)c(Nc2ccnc(N)c2)cc1Cl. The molecule has 0 fully saturated rings. The highest BCUT2D eigenvalue weighted by Crippen LogP contribution is 2.37. The molecule has 2 aromatic rings. The monoisotopic (exact) mass is 279 g/mol. The fourth-order valence-corrected chi connectivity index (χ4v) is 1.88. The number of hydrogen-bond donors (Lipinski definition) is 2. The Morgan fingerprint density at radius 1 is 1.16 bits per heavy atom. The van der Waals surface area contributed by atoms with Gasteiger partial charge in [0, 0.05) is 24.0 Å². The summed E-state index contributed by atoms with van der Waals surface area (Å²) in [5, 5.41) is 3.66. The van der Waals surface area contributed by atoms with E-state index >= 15 is 0 Å². The van der Waals surface area contributed by atoms with Crippen molar-refractivity contribution in [3.63, 3.8) is 0 Å². The molecule has 100 valence electrons. The summed E-state index contributed by atoms with van der Waals surface area (Å²) in [6.45, 7) is 0. The van der Waals surface area contributed by atoms with Crippen LogP contribution in [0.5, 0.6) is 11.5 Å². The summed E-state index contributed by atoms with van der Waals surface area (Å²) in [5.41, 5.74) is 7.15. The Labute approximate surface area is 116 Å². The van der Waals surface area contributed by atoms with Gasteiger partial charge in [-0.15, -0.1) is 0 Å². The van der Waals surface area contributed by atoms with E-state index < -0.39 is 0 Å². The highest BCUT2D eigenvalue weighted by Gasteiger charge is 2.10. The summed E-state index contributed by atoms with van der Waals surface area (Å²) in [6, 6.07) is 6.97. The van der Waals surface area contributed by atoms with Gasteiger partial charge in [-0.2, -0.15) is 0 Å². The highest BCUT2D eigenvalue weighted by atomic mass is 35.5. The van der Waals surface area contributed by atoms with E-state index in [4.69, 9.17) is 26.8 Å². The van der Waals surface area contributed by atoms with E-state index in [1.54, 1.807) is 44.7 Å². The molecule has 2 rings (SSSR count). The maximum Gasteiger partial charge on any atom is 0.146 e. The zero-order valence-corrected chi connectivity index (χ0v) is 11.4. The van der Waals surface area contributed by atoms with E-state index in [1.807, 2.05) is 0 Å². The number of methoxy groups -OCH3 is 2. The number of nitrogen functional groups attached to an aromatic ring is 1. The molecule has 0 aliphatic heterocycles. The average molecular weight is 280 g/mol. The summed E-state index contributed by atoms with van der Waals surface area (Å²) in [7, 11) is 3.13. The topological polar surface area (TPSA) is 69.4 Å². The Bertz CT molecular complexity index is 590. The van der Waals surface area contributed by atoms with Crippen LogP contribution in [-0.2, 0) is 0 Å². The summed E-state index contributed by atoms with van der Waals surface area (Å²) in [6.07, 6.45) is 1.62. The smallest absolute Gasteiger partial charge is 0.146 e. The van der Waals surface area contributed by atoms with Crippen LogP contribution in [0.2, 0.25) is 5.02 Å². The van der Waals surface area contributed by atoms with Crippen molar-refractivity contribution in [2.45, 2.75) is 0 Å². The van der Waals surface area contributed by atoms with Gasteiger partial charge in [0.15, 0.2) is 0 Å². The Morgan fingerprint density at radius 2 is 1.89 bits per heavy atom. The third kappa shape index (κ3) is 3.00. The number of hydrogen-bond acceptors (Lipinski definition) is 5. The molecule has 3 N–H and O–H groups in total. The summed E-state index contributed by atoms with van der Waals surface area (Å²) >= 11 is 6.10. The van der Waals surface area contributed by atoms with Crippen LogP contribution in [-0.4, -0.2) is 19.2 Å². The third-order valence-corrected chi connectivity index (χ3v) is 2.83. The lowest BCUT2D eigenvalue weighted by molar-refractivity contribution is 0.396. The van der Waals surface area contributed by atoms with Crippen molar-refractivity contribution >= 4 is 28.8 Å². The van der Waals surface area contributed by atoms with E-state index in [0.717, 1.165) is 11.4 Å². The number of aromatic nitrogens is 1. The molecule has 1 aromatic heterocycles. The largest absolute Gasteiger partial charge is 0.495 e. The van der Waals surface area contributed by atoms with Gasteiger partial charge in [0.1, 0.15) is 17.3 Å². The van der Waals surface area contributed by atoms with Gasteiger partial charge in [0.05, 0.1) is 24.9 Å². The zero-order chi connectivity index (χ0) is 13.8. The summed E-state index contributed by atoms with van der Waals surface area (Å²) in [4.78, 5) is 3.93. The second kappa shape index (κ2) is 5.67. The Morgan fingerprint density at radius 3 is 2.53 bits per heavy atom. The van der Waals surface area contributed by atoms with Crippen LogP contribution in [0, 0.1) is 0 Å². The predicted molar refractivity (Wildman–Crippen MR) is 76.5 cm³/mol. The molecule has 0 radical (unpaired) electrons. The maximum atomic E-state index is 6.10. The number of anilines is 3. The van der Waals surface area contributed by atoms with Crippen LogP contribution in [0.4, 0.5) is 17.2 Å². The van der Waals surface area contributed by atoms with Crippen molar-refractivity contribution in [3.8, 4) is 11.5 Å². The van der Waals surface area contributed by atoms with Crippen LogP contribution in [0.25, 0.3) is 0 Å². The molecule has 1 heterocycles. The predicted octanol–water partition coefficient (Wildman–Crippen LogP) is 3.08. The van der Waals surface area contributed by atoms with Gasteiger partial charge in [-0.1, -0.05) is 11.6 Å². The average Bonchev–Trinajstić information content (AvgIpc) is 2.39. The molecular formula is C13H14ClN3O2. The Hall–Kier alpha value is -2.14. The molecule has 0 saturated carbocycles. The number of pyridine rings is 1. The second-order valence-corrected chi connectivity index (χ2v) is 4.19. The van der Waals surface area contributed by atoms with Crippen LogP contribution < -0.4 is 20.5 Å². The quantitative estimate of drug-likeness (QED) is 0.900. The van der Waals surface area contributed by atoms with Crippen LogP contribution in [0.1, 0.15) is 0 Å². The standard InChI is InChI=1S/C13H14ClN3O2/c1-18-11-7-12(19-2)10(6-9(11)14)17-8-3-4-16-13(15)5-8/h3-7H,1-2H3,(H3,15,16,17). The number of benzene rings is 1.